The fourth-order valence-corrected chi connectivity index (χ4v) is 2.19. The Morgan fingerprint density at radius 1 is 0.913 bits per heavy atom. The van der Waals surface area contributed by atoms with Gasteiger partial charge in [0.2, 0.25) is 0 Å². The third-order valence-electron chi connectivity index (χ3n) is 3.31. The van der Waals surface area contributed by atoms with Crippen LogP contribution in [0.5, 0.6) is 11.5 Å². The monoisotopic (exact) mass is 318 g/mol. The van der Waals surface area contributed by atoms with E-state index in [4.69, 9.17) is 16.6 Å². The number of carboxylic acid groups (broad SMARTS) is 1. The van der Waals surface area contributed by atoms with Gasteiger partial charge in [-0.3, -0.25) is 0 Å². The zero-order valence-electron chi connectivity index (χ0n) is 12.0. The molecule has 0 amide bonds. The standard InChI is InChI=1S/C15H14N2O6/c1-23-15(22)7-3-5-9(17)11(13(7)19)10-8(16)4-2-6(12(10)18)14(20)21/h2-5,18-19H,16-17H2,1H3,(H,20,21). The Labute approximate surface area is 130 Å². The van der Waals surface area contributed by atoms with Gasteiger partial charge in [-0.05, 0) is 24.3 Å². The highest BCUT2D eigenvalue weighted by Crippen LogP contribution is 2.45. The summed E-state index contributed by atoms with van der Waals surface area (Å²) in [5, 5.41) is 29.6. The number of ether oxygens (including phenoxy) is 1. The minimum absolute atomic E-state index is 0.000285. The minimum atomic E-state index is -1.38. The molecule has 8 heteroatoms. The number of nitrogen functional groups attached to an aromatic ring is 2. The number of carbonyl (C=O) groups excluding carboxylic acids is 1. The van der Waals surface area contributed by atoms with Gasteiger partial charge in [0, 0.05) is 11.4 Å². The summed E-state index contributed by atoms with van der Waals surface area (Å²) in [7, 11) is 1.13. The first kappa shape index (κ1) is 16.0. The number of phenolic OH excluding ortho intramolecular Hbond substituents is 1. The van der Waals surface area contributed by atoms with Crippen LogP contribution in [0.15, 0.2) is 24.3 Å². The number of hydrogen-bond acceptors (Lipinski definition) is 7. The Kier molecular flexibility index (Phi) is 4.00. The van der Waals surface area contributed by atoms with Crippen molar-refractivity contribution in [3.05, 3.63) is 35.4 Å². The highest BCUT2D eigenvalue weighted by molar-refractivity contribution is 6.03. The topological polar surface area (TPSA) is 156 Å². The summed E-state index contributed by atoms with van der Waals surface area (Å²) < 4.78 is 4.54. The lowest BCUT2D eigenvalue weighted by atomic mass is 9.95. The Morgan fingerprint density at radius 3 is 1.78 bits per heavy atom. The van der Waals surface area contributed by atoms with E-state index < -0.39 is 29.0 Å². The van der Waals surface area contributed by atoms with E-state index in [1.807, 2.05) is 0 Å². The van der Waals surface area contributed by atoms with E-state index in [-0.39, 0.29) is 28.1 Å². The number of carboxylic acids is 1. The maximum absolute atomic E-state index is 11.7. The van der Waals surface area contributed by atoms with Crippen molar-refractivity contribution in [2.24, 2.45) is 0 Å². The van der Waals surface area contributed by atoms with Gasteiger partial charge in [0.05, 0.1) is 18.2 Å². The van der Waals surface area contributed by atoms with Gasteiger partial charge in [0.15, 0.2) is 0 Å². The van der Waals surface area contributed by atoms with Gasteiger partial charge >= 0.3 is 11.9 Å². The number of esters is 1. The van der Waals surface area contributed by atoms with Crippen molar-refractivity contribution < 1.29 is 29.6 Å². The number of methoxy groups -OCH3 is 1. The second-order valence-corrected chi connectivity index (χ2v) is 4.65. The van der Waals surface area contributed by atoms with E-state index in [2.05, 4.69) is 4.74 Å². The SMILES string of the molecule is COC(=O)c1ccc(N)c(-c2c(N)ccc(C(=O)O)c2O)c1O. The smallest absolute Gasteiger partial charge is 0.341 e. The first-order chi connectivity index (χ1) is 10.8. The predicted molar refractivity (Wildman–Crippen MR) is 82.3 cm³/mol. The normalized spacial score (nSPS) is 10.3. The lowest BCUT2D eigenvalue weighted by Gasteiger charge is -2.16. The molecule has 7 N–H and O–H groups in total. The van der Waals surface area contributed by atoms with Crippen LogP contribution in [0.1, 0.15) is 20.7 Å². The largest absolute Gasteiger partial charge is 0.506 e. The maximum atomic E-state index is 11.7. The van der Waals surface area contributed by atoms with Crippen molar-refractivity contribution in [1.29, 1.82) is 0 Å². The lowest BCUT2D eigenvalue weighted by Crippen LogP contribution is -2.05. The van der Waals surface area contributed by atoms with Gasteiger partial charge in [-0.2, -0.15) is 0 Å². The summed E-state index contributed by atoms with van der Waals surface area (Å²) in [5.41, 5.74) is 10.6. The van der Waals surface area contributed by atoms with Gasteiger partial charge in [-0.25, -0.2) is 9.59 Å². The summed E-state index contributed by atoms with van der Waals surface area (Å²) in [6.45, 7) is 0. The molecular weight excluding hydrogens is 304 g/mol. The highest BCUT2D eigenvalue weighted by atomic mass is 16.5. The number of anilines is 2. The third-order valence-corrected chi connectivity index (χ3v) is 3.31. The fourth-order valence-electron chi connectivity index (χ4n) is 2.19. The molecule has 0 aromatic heterocycles. The highest BCUT2D eigenvalue weighted by Gasteiger charge is 2.24. The molecule has 2 aromatic carbocycles. The fraction of sp³-hybridized carbons (Fsp3) is 0.0667. The predicted octanol–water partition coefficient (Wildman–Crippen LogP) is 1.41. The molecule has 0 atom stereocenters. The number of carbonyl (C=O) groups is 2. The first-order valence-corrected chi connectivity index (χ1v) is 6.34. The Balaban J connectivity index is 2.85. The number of phenols is 2. The molecule has 23 heavy (non-hydrogen) atoms. The van der Waals surface area contributed by atoms with Crippen molar-refractivity contribution in [3.63, 3.8) is 0 Å². The number of nitrogens with two attached hydrogens (primary N) is 2. The second kappa shape index (κ2) is 5.76. The number of benzene rings is 2. The summed E-state index contributed by atoms with van der Waals surface area (Å²) >= 11 is 0. The number of aromatic hydroxyl groups is 2. The Hall–Kier alpha value is -3.42. The lowest BCUT2D eigenvalue weighted by molar-refractivity contribution is 0.0596. The van der Waals surface area contributed by atoms with E-state index >= 15 is 0 Å². The molecule has 0 fully saturated rings. The van der Waals surface area contributed by atoms with Gasteiger partial charge in [-0.1, -0.05) is 0 Å². The molecule has 0 aliphatic heterocycles. The summed E-state index contributed by atoms with van der Waals surface area (Å²) in [5.74, 6) is -3.44. The van der Waals surface area contributed by atoms with Crippen LogP contribution >= 0.6 is 0 Å². The molecule has 0 aliphatic carbocycles. The Bertz CT molecular complexity index is 816. The molecule has 0 saturated heterocycles. The summed E-state index contributed by atoms with van der Waals surface area (Å²) in [4.78, 5) is 22.8. The molecule has 8 nitrogen and oxygen atoms in total. The van der Waals surface area contributed by atoms with Crippen molar-refractivity contribution in [3.8, 4) is 22.6 Å². The van der Waals surface area contributed by atoms with Crippen LogP contribution in [-0.4, -0.2) is 34.4 Å². The van der Waals surface area contributed by atoms with Crippen LogP contribution in [0.4, 0.5) is 11.4 Å². The van der Waals surface area contributed by atoms with Crippen LogP contribution in [0, 0.1) is 0 Å². The number of rotatable bonds is 3. The van der Waals surface area contributed by atoms with E-state index in [1.165, 1.54) is 18.2 Å². The van der Waals surface area contributed by atoms with E-state index in [0.717, 1.165) is 13.2 Å². The molecule has 120 valence electrons. The van der Waals surface area contributed by atoms with E-state index in [9.17, 15) is 19.8 Å². The molecule has 2 aromatic rings. The molecule has 2 rings (SSSR count). The third kappa shape index (κ3) is 2.57. The average Bonchev–Trinajstić information content (AvgIpc) is 2.49. The summed E-state index contributed by atoms with van der Waals surface area (Å²) in [6.07, 6.45) is 0. The molecule has 0 heterocycles. The molecule has 0 bridgehead atoms. The van der Waals surface area contributed by atoms with Gasteiger partial charge in [0.1, 0.15) is 22.6 Å². The molecule has 0 saturated carbocycles. The number of hydrogen-bond donors (Lipinski definition) is 5. The molecule has 0 unspecified atom stereocenters. The van der Waals surface area contributed by atoms with Gasteiger partial charge in [0.25, 0.3) is 0 Å². The van der Waals surface area contributed by atoms with Gasteiger partial charge in [-0.15, -0.1) is 0 Å². The zero-order valence-corrected chi connectivity index (χ0v) is 12.0. The Morgan fingerprint density at radius 2 is 1.35 bits per heavy atom. The molecule has 0 aliphatic rings. The first-order valence-electron chi connectivity index (χ1n) is 6.34. The van der Waals surface area contributed by atoms with E-state index in [1.54, 1.807) is 0 Å². The van der Waals surface area contributed by atoms with Crippen LogP contribution in [0.2, 0.25) is 0 Å². The van der Waals surface area contributed by atoms with Crippen LogP contribution < -0.4 is 11.5 Å². The quantitative estimate of drug-likeness (QED) is 0.420. The van der Waals surface area contributed by atoms with Gasteiger partial charge < -0.3 is 31.5 Å². The van der Waals surface area contributed by atoms with Crippen molar-refractivity contribution in [1.82, 2.24) is 0 Å². The number of aromatic carboxylic acids is 1. The molecular formula is C15H14N2O6. The average molecular weight is 318 g/mol. The van der Waals surface area contributed by atoms with Crippen LogP contribution in [0.3, 0.4) is 0 Å². The summed E-state index contributed by atoms with van der Waals surface area (Å²) in [6, 6.07) is 4.93. The zero-order chi connectivity index (χ0) is 17.3. The van der Waals surface area contributed by atoms with Crippen LogP contribution in [-0.2, 0) is 4.74 Å². The van der Waals surface area contributed by atoms with Crippen LogP contribution in [0.25, 0.3) is 11.1 Å². The van der Waals surface area contributed by atoms with E-state index in [0.29, 0.717) is 0 Å². The van der Waals surface area contributed by atoms with Crippen molar-refractivity contribution in [2.45, 2.75) is 0 Å². The second-order valence-electron chi connectivity index (χ2n) is 4.65. The van der Waals surface area contributed by atoms with Crippen molar-refractivity contribution >= 4 is 23.3 Å². The molecule has 0 spiro atoms. The van der Waals surface area contributed by atoms with Crippen molar-refractivity contribution in [2.75, 3.05) is 18.6 Å². The molecule has 0 radical (unpaired) electrons. The maximum Gasteiger partial charge on any atom is 0.341 e. The minimum Gasteiger partial charge on any atom is -0.506 e.